The van der Waals surface area contributed by atoms with Crippen LogP contribution < -0.4 is 13.8 Å². The predicted octanol–water partition coefficient (Wildman–Crippen LogP) is 3.69. The van der Waals surface area contributed by atoms with Gasteiger partial charge in [0.25, 0.3) is 15.9 Å². The third kappa shape index (κ3) is 4.41. The number of amides is 1. The van der Waals surface area contributed by atoms with E-state index in [2.05, 4.69) is 0 Å². The minimum absolute atomic E-state index is 0.00907. The van der Waals surface area contributed by atoms with Crippen molar-refractivity contribution in [2.75, 3.05) is 18.5 Å². The molecule has 0 aliphatic carbocycles. The summed E-state index contributed by atoms with van der Waals surface area (Å²) in [6.07, 6.45) is 0.376. The van der Waals surface area contributed by atoms with Crippen LogP contribution in [0.4, 0.5) is 10.1 Å². The molecule has 0 aliphatic rings. The van der Waals surface area contributed by atoms with Crippen LogP contribution in [0.3, 0.4) is 0 Å². The van der Waals surface area contributed by atoms with Crippen LogP contribution in [0.2, 0.25) is 0 Å². The molecule has 0 bridgehead atoms. The molecule has 0 aromatic heterocycles. The van der Waals surface area contributed by atoms with Gasteiger partial charge in [0, 0.05) is 17.2 Å². The summed E-state index contributed by atoms with van der Waals surface area (Å²) in [5.74, 6) is -0.866. The van der Waals surface area contributed by atoms with Crippen molar-refractivity contribution in [1.29, 1.82) is 0 Å². The fourth-order valence-corrected chi connectivity index (χ4v) is 4.45. The molecule has 0 saturated carbocycles. The van der Waals surface area contributed by atoms with E-state index in [4.69, 9.17) is 9.47 Å². The summed E-state index contributed by atoms with van der Waals surface area (Å²) in [7, 11) is -1.78. The lowest BCUT2D eigenvalue weighted by molar-refractivity contribution is 0.100. The summed E-state index contributed by atoms with van der Waals surface area (Å²) in [5.41, 5.74) is -0.197. The van der Waals surface area contributed by atoms with E-state index in [9.17, 15) is 22.4 Å². The van der Waals surface area contributed by atoms with Gasteiger partial charge in [0.1, 0.15) is 22.2 Å². The quantitative estimate of drug-likeness (QED) is 0.518. The second kappa shape index (κ2) is 8.97. The van der Waals surface area contributed by atoms with Gasteiger partial charge in [0.2, 0.25) is 0 Å². The Hall–Kier alpha value is -3.72. The topological polar surface area (TPSA) is 90.0 Å². The van der Waals surface area contributed by atoms with E-state index in [1.807, 2.05) is 0 Å². The van der Waals surface area contributed by atoms with Crippen LogP contribution in [0, 0.1) is 5.82 Å². The molecule has 0 saturated heterocycles. The Kier molecular flexibility index (Phi) is 6.36. The van der Waals surface area contributed by atoms with Crippen LogP contribution in [-0.4, -0.2) is 34.8 Å². The molecule has 0 N–H and O–H groups in total. The summed E-state index contributed by atoms with van der Waals surface area (Å²) in [6, 6.07) is 14.1. The fourth-order valence-electron chi connectivity index (χ4n) is 2.85. The Balaban J connectivity index is 2.23. The van der Waals surface area contributed by atoms with Gasteiger partial charge in [-0.15, -0.1) is 0 Å². The van der Waals surface area contributed by atoms with Crippen molar-refractivity contribution in [3.05, 3.63) is 83.7 Å². The lowest BCUT2D eigenvalue weighted by Gasteiger charge is -2.24. The van der Waals surface area contributed by atoms with Crippen LogP contribution in [0.5, 0.6) is 11.5 Å². The highest BCUT2D eigenvalue weighted by molar-refractivity contribution is 7.93. The lowest BCUT2D eigenvalue weighted by Crippen LogP contribution is -2.37. The van der Waals surface area contributed by atoms with Crippen molar-refractivity contribution in [3.8, 4) is 11.5 Å². The Labute approximate surface area is 178 Å². The smallest absolute Gasteiger partial charge is 0.272 e. The first kappa shape index (κ1) is 22.0. The monoisotopic (exact) mass is 443 g/mol. The third-order valence-electron chi connectivity index (χ3n) is 4.45. The molecule has 160 valence electrons. The number of anilines is 1. The molecule has 3 aromatic rings. The highest BCUT2D eigenvalue weighted by atomic mass is 32.2. The standard InChI is InChI=1S/C22H18FNO6S/c1-29-19-11-8-18(9-12-19)24(22(26)15-3-6-17(23)7-4-15)31(27,28)21-13-20(30-2)10-5-16(21)14-25/h3-14H,1-2H3. The molecule has 3 rings (SSSR count). The Bertz CT molecular complexity index is 1210. The minimum atomic E-state index is -4.57. The number of sulfonamides is 1. The number of ether oxygens (including phenoxy) is 2. The molecule has 0 radical (unpaired) electrons. The maximum absolute atomic E-state index is 13.6. The number of halogens is 1. The zero-order chi connectivity index (χ0) is 22.6. The van der Waals surface area contributed by atoms with E-state index in [1.165, 1.54) is 62.8 Å². The SMILES string of the molecule is COc1ccc(N(C(=O)c2ccc(F)cc2)S(=O)(=O)c2cc(OC)ccc2C=O)cc1. The fraction of sp³-hybridized carbons (Fsp3) is 0.0909. The molecule has 0 unspecified atom stereocenters. The molecule has 1 amide bonds. The number of hydrogen-bond acceptors (Lipinski definition) is 6. The summed E-state index contributed by atoms with van der Waals surface area (Å²) in [5, 5.41) is 0. The normalized spacial score (nSPS) is 10.9. The van der Waals surface area contributed by atoms with Crippen molar-refractivity contribution in [3.63, 3.8) is 0 Å². The average Bonchev–Trinajstić information content (AvgIpc) is 2.79. The Morgan fingerprint density at radius 2 is 1.48 bits per heavy atom. The average molecular weight is 443 g/mol. The van der Waals surface area contributed by atoms with Gasteiger partial charge in [0.15, 0.2) is 6.29 Å². The van der Waals surface area contributed by atoms with Gasteiger partial charge < -0.3 is 9.47 Å². The van der Waals surface area contributed by atoms with Crippen LogP contribution >= 0.6 is 0 Å². The lowest BCUT2D eigenvalue weighted by atomic mass is 10.2. The molecule has 9 heteroatoms. The van der Waals surface area contributed by atoms with Gasteiger partial charge >= 0.3 is 0 Å². The molecular weight excluding hydrogens is 425 g/mol. The van der Waals surface area contributed by atoms with E-state index in [0.29, 0.717) is 16.3 Å². The maximum atomic E-state index is 13.6. The highest BCUT2D eigenvalue weighted by Crippen LogP contribution is 2.31. The molecule has 31 heavy (non-hydrogen) atoms. The van der Waals surface area contributed by atoms with Crippen LogP contribution in [0.1, 0.15) is 20.7 Å². The van der Waals surface area contributed by atoms with Crippen molar-refractivity contribution in [1.82, 2.24) is 0 Å². The van der Waals surface area contributed by atoms with Gasteiger partial charge in [-0.1, -0.05) is 0 Å². The van der Waals surface area contributed by atoms with Crippen LogP contribution in [0.25, 0.3) is 0 Å². The summed E-state index contributed by atoms with van der Waals surface area (Å²) < 4.78 is 51.3. The number of nitrogens with zero attached hydrogens (tertiary/aromatic N) is 1. The Morgan fingerprint density at radius 1 is 0.903 bits per heavy atom. The maximum Gasteiger partial charge on any atom is 0.272 e. The zero-order valence-corrected chi connectivity index (χ0v) is 17.4. The second-order valence-corrected chi connectivity index (χ2v) is 8.06. The number of benzene rings is 3. The van der Waals surface area contributed by atoms with E-state index in [0.717, 1.165) is 18.2 Å². The molecule has 3 aromatic carbocycles. The van der Waals surface area contributed by atoms with E-state index >= 15 is 0 Å². The Morgan fingerprint density at radius 3 is 2.03 bits per heavy atom. The van der Waals surface area contributed by atoms with Crippen molar-refractivity contribution in [2.24, 2.45) is 0 Å². The number of aldehydes is 1. The largest absolute Gasteiger partial charge is 0.497 e. The molecule has 7 nitrogen and oxygen atoms in total. The first-order chi connectivity index (χ1) is 14.8. The van der Waals surface area contributed by atoms with Gasteiger partial charge in [-0.25, -0.2) is 12.8 Å². The summed E-state index contributed by atoms with van der Waals surface area (Å²) >= 11 is 0. The van der Waals surface area contributed by atoms with Crippen molar-refractivity contribution >= 4 is 27.9 Å². The highest BCUT2D eigenvalue weighted by Gasteiger charge is 2.34. The first-order valence-corrected chi connectivity index (χ1v) is 10.4. The van der Waals surface area contributed by atoms with Crippen LogP contribution in [0.15, 0.2) is 71.6 Å². The second-order valence-electron chi connectivity index (χ2n) is 6.30. The minimum Gasteiger partial charge on any atom is -0.497 e. The predicted molar refractivity (Wildman–Crippen MR) is 112 cm³/mol. The third-order valence-corrected chi connectivity index (χ3v) is 6.22. The molecule has 0 atom stereocenters. The number of rotatable bonds is 7. The number of methoxy groups -OCH3 is 2. The van der Waals surface area contributed by atoms with Gasteiger partial charge in [-0.3, -0.25) is 9.59 Å². The van der Waals surface area contributed by atoms with E-state index in [-0.39, 0.29) is 22.6 Å². The number of carbonyl (C=O) groups is 2. The molecule has 0 heterocycles. The van der Waals surface area contributed by atoms with Gasteiger partial charge in [0.05, 0.1) is 19.9 Å². The first-order valence-electron chi connectivity index (χ1n) is 8.94. The van der Waals surface area contributed by atoms with Gasteiger partial charge in [-0.05, 0) is 60.7 Å². The molecule has 0 aliphatic heterocycles. The van der Waals surface area contributed by atoms with E-state index in [1.54, 1.807) is 0 Å². The molecule has 0 spiro atoms. The van der Waals surface area contributed by atoms with Crippen LogP contribution in [-0.2, 0) is 10.0 Å². The van der Waals surface area contributed by atoms with Crippen molar-refractivity contribution < 1.29 is 31.9 Å². The zero-order valence-electron chi connectivity index (χ0n) is 16.6. The van der Waals surface area contributed by atoms with E-state index < -0.39 is 26.6 Å². The van der Waals surface area contributed by atoms with Gasteiger partial charge in [-0.2, -0.15) is 4.31 Å². The van der Waals surface area contributed by atoms with Crippen molar-refractivity contribution in [2.45, 2.75) is 4.90 Å². The number of carbonyl (C=O) groups excluding carboxylic acids is 2. The molecule has 0 fully saturated rings. The summed E-state index contributed by atoms with van der Waals surface area (Å²) in [6.45, 7) is 0. The summed E-state index contributed by atoms with van der Waals surface area (Å²) in [4.78, 5) is 24.4. The molecular formula is C22H18FNO6S. The number of hydrogen-bond donors (Lipinski definition) is 0.